The van der Waals surface area contributed by atoms with Gasteiger partial charge in [0.1, 0.15) is 5.75 Å². The quantitative estimate of drug-likeness (QED) is 0.859. The lowest BCUT2D eigenvalue weighted by Gasteiger charge is -2.10. The molecule has 0 atom stereocenters. The number of hydrogen-bond donors (Lipinski definition) is 2. The van der Waals surface area contributed by atoms with E-state index < -0.39 is 5.91 Å². The third-order valence-corrected chi connectivity index (χ3v) is 3.30. The molecule has 2 rings (SSSR count). The number of carbonyl (C=O) groups is 1. The second kappa shape index (κ2) is 6.99. The molecule has 21 heavy (non-hydrogen) atoms. The predicted octanol–water partition coefficient (Wildman–Crippen LogP) is 3.45. The minimum absolute atomic E-state index is 0.425. The monoisotopic (exact) mass is 304 g/mol. The molecular weight excluding hydrogens is 288 g/mol. The smallest absolute Gasteiger partial charge is 0.248 e. The van der Waals surface area contributed by atoms with Crippen LogP contribution in [-0.2, 0) is 6.54 Å². The summed E-state index contributed by atoms with van der Waals surface area (Å²) < 4.78 is 5.39. The Kier molecular flexibility index (Phi) is 5.06. The molecule has 2 aromatic rings. The number of ether oxygens (including phenoxy) is 1. The Balaban J connectivity index is 2.05. The summed E-state index contributed by atoms with van der Waals surface area (Å²) in [7, 11) is 0. The normalized spacial score (nSPS) is 10.2. The first-order valence-electron chi connectivity index (χ1n) is 6.65. The summed E-state index contributed by atoms with van der Waals surface area (Å²) >= 11 is 6.10. The maximum absolute atomic E-state index is 11.2. The van der Waals surface area contributed by atoms with E-state index in [-0.39, 0.29) is 0 Å². The Hall–Kier alpha value is -2.20. The number of carbonyl (C=O) groups excluding carboxylic acids is 1. The van der Waals surface area contributed by atoms with E-state index in [1.807, 2.05) is 31.2 Å². The van der Waals surface area contributed by atoms with Gasteiger partial charge in [-0.05, 0) is 42.8 Å². The molecule has 5 heteroatoms. The van der Waals surface area contributed by atoms with Crippen LogP contribution in [0.4, 0.5) is 5.69 Å². The number of anilines is 1. The molecule has 0 heterocycles. The molecule has 0 spiro atoms. The summed E-state index contributed by atoms with van der Waals surface area (Å²) in [5, 5.41) is 3.74. The van der Waals surface area contributed by atoms with Gasteiger partial charge in [0, 0.05) is 12.1 Å². The maximum atomic E-state index is 11.2. The van der Waals surface area contributed by atoms with Gasteiger partial charge >= 0.3 is 0 Å². The Morgan fingerprint density at radius 3 is 2.57 bits per heavy atom. The minimum Gasteiger partial charge on any atom is -0.494 e. The van der Waals surface area contributed by atoms with Crippen LogP contribution in [0.1, 0.15) is 22.8 Å². The molecule has 0 saturated carbocycles. The van der Waals surface area contributed by atoms with Crippen LogP contribution in [0.15, 0.2) is 42.5 Å². The van der Waals surface area contributed by atoms with Crippen LogP contribution < -0.4 is 15.8 Å². The number of amides is 1. The second-order valence-corrected chi connectivity index (χ2v) is 4.90. The van der Waals surface area contributed by atoms with Crippen molar-refractivity contribution in [3.63, 3.8) is 0 Å². The van der Waals surface area contributed by atoms with Crippen LogP contribution >= 0.6 is 11.6 Å². The molecule has 3 N–H and O–H groups in total. The highest BCUT2D eigenvalue weighted by Gasteiger charge is 2.05. The van der Waals surface area contributed by atoms with Gasteiger partial charge in [-0.2, -0.15) is 0 Å². The molecule has 0 radical (unpaired) electrons. The standard InChI is InChI=1S/C16H17ClN2O2/c1-2-21-13-6-3-11(4-7-13)10-19-15-9-12(16(18)20)5-8-14(15)17/h3-9,19H,2,10H2,1H3,(H2,18,20). The largest absolute Gasteiger partial charge is 0.494 e. The molecule has 0 aromatic heterocycles. The Labute approximate surface area is 128 Å². The van der Waals surface area contributed by atoms with E-state index in [0.29, 0.717) is 29.4 Å². The van der Waals surface area contributed by atoms with Crippen molar-refractivity contribution in [2.24, 2.45) is 5.73 Å². The molecule has 0 unspecified atom stereocenters. The number of nitrogens with two attached hydrogens (primary N) is 1. The molecule has 0 bridgehead atoms. The van der Waals surface area contributed by atoms with Gasteiger partial charge in [0.15, 0.2) is 0 Å². The van der Waals surface area contributed by atoms with Gasteiger partial charge in [0.25, 0.3) is 0 Å². The predicted molar refractivity (Wildman–Crippen MR) is 84.9 cm³/mol. The summed E-state index contributed by atoms with van der Waals surface area (Å²) in [5.41, 5.74) is 7.45. The summed E-state index contributed by atoms with van der Waals surface area (Å²) in [5.74, 6) is 0.366. The van der Waals surface area contributed by atoms with Gasteiger partial charge in [-0.15, -0.1) is 0 Å². The number of halogens is 1. The summed E-state index contributed by atoms with van der Waals surface area (Å²) in [6, 6.07) is 12.7. The van der Waals surface area contributed by atoms with Gasteiger partial charge < -0.3 is 15.8 Å². The van der Waals surface area contributed by atoms with E-state index in [0.717, 1.165) is 11.3 Å². The highest BCUT2D eigenvalue weighted by molar-refractivity contribution is 6.33. The number of primary amides is 1. The van der Waals surface area contributed by atoms with Crippen molar-refractivity contribution in [2.75, 3.05) is 11.9 Å². The molecule has 4 nitrogen and oxygen atoms in total. The Morgan fingerprint density at radius 2 is 1.95 bits per heavy atom. The van der Waals surface area contributed by atoms with Crippen molar-refractivity contribution >= 4 is 23.2 Å². The molecule has 0 fully saturated rings. The summed E-state index contributed by atoms with van der Waals surface area (Å²) in [6.07, 6.45) is 0. The zero-order chi connectivity index (χ0) is 15.2. The number of benzene rings is 2. The van der Waals surface area contributed by atoms with Crippen molar-refractivity contribution < 1.29 is 9.53 Å². The number of rotatable bonds is 6. The molecule has 0 saturated heterocycles. The van der Waals surface area contributed by atoms with Crippen molar-refractivity contribution in [2.45, 2.75) is 13.5 Å². The van der Waals surface area contributed by atoms with E-state index in [1.165, 1.54) is 0 Å². The Morgan fingerprint density at radius 1 is 1.24 bits per heavy atom. The third kappa shape index (κ3) is 4.13. The first-order valence-corrected chi connectivity index (χ1v) is 7.03. The molecule has 0 aliphatic carbocycles. The second-order valence-electron chi connectivity index (χ2n) is 4.49. The zero-order valence-electron chi connectivity index (χ0n) is 11.7. The van der Waals surface area contributed by atoms with Crippen molar-refractivity contribution in [3.8, 4) is 5.75 Å². The topological polar surface area (TPSA) is 64.3 Å². The fourth-order valence-electron chi connectivity index (χ4n) is 1.88. The van der Waals surface area contributed by atoms with E-state index in [2.05, 4.69) is 5.32 Å². The molecule has 1 amide bonds. The SMILES string of the molecule is CCOc1ccc(CNc2cc(C(N)=O)ccc2Cl)cc1. The van der Waals surface area contributed by atoms with Gasteiger partial charge in [-0.25, -0.2) is 0 Å². The van der Waals surface area contributed by atoms with Crippen LogP contribution in [0, 0.1) is 0 Å². The molecular formula is C16H17ClN2O2. The van der Waals surface area contributed by atoms with E-state index in [1.54, 1.807) is 18.2 Å². The van der Waals surface area contributed by atoms with Crippen LogP contribution in [0.5, 0.6) is 5.75 Å². The van der Waals surface area contributed by atoms with Crippen LogP contribution in [0.2, 0.25) is 5.02 Å². The lowest BCUT2D eigenvalue weighted by molar-refractivity contribution is 0.100. The lowest BCUT2D eigenvalue weighted by Crippen LogP contribution is -2.11. The van der Waals surface area contributed by atoms with E-state index >= 15 is 0 Å². The van der Waals surface area contributed by atoms with Crippen LogP contribution in [0.25, 0.3) is 0 Å². The van der Waals surface area contributed by atoms with Gasteiger partial charge in [0.2, 0.25) is 5.91 Å². The highest BCUT2D eigenvalue weighted by Crippen LogP contribution is 2.24. The average Bonchev–Trinajstić information content (AvgIpc) is 2.48. The van der Waals surface area contributed by atoms with Gasteiger partial charge in [-0.1, -0.05) is 23.7 Å². The summed E-state index contributed by atoms with van der Waals surface area (Å²) in [6.45, 7) is 3.19. The van der Waals surface area contributed by atoms with Crippen molar-refractivity contribution in [1.29, 1.82) is 0 Å². The van der Waals surface area contributed by atoms with Crippen LogP contribution in [0.3, 0.4) is 0 Å². The fourth-order valence-corrected chi connectivity index (χ4v) is 2.07. The average molecular weight is 305 g/mol. The molecule has 0 aliphatic rings. The first-order chi connectivity index (χ1) is 10.1. The number of nitrogens with one attached hydrogen (secondary N) is 1. The van der Waals surface area contributed by atoms with Gasteiger partial charge in [-0.3, -0.25) is 4.79 Å². The van der Waals surface area contributed by atoms with Crippen molar-refractivity contribution in [3.05, 3.63) is 58.6 Å². The van der Waals surface area contributed by atoms with Crippen molar-refractivity contribution in [1.82, 2.24) is 0 Å². The highest BCUT2D eigenvalue weighted by atomic mass is 35.5. The first kappa shape index (κ1) is 15.2. The van der Waals surface area contributed by atoms with E-state index in [4.69, 9.17) is 22.1 Å². The van der Waals surface area contributed by atoms with Crippen LogP contribution in [-0.4, -0.2) is 12.5 Å². The van der Waals surface area contributed by atoms with E-state index in [9.17, 15) is 4.79 Å². The fraction of sp³-hybridized carbons (Fsp3) is 0.188. The molecule has 0 aliphatic heterocycles. The summed E-state index contributed by atoms with van der Waals surface area (Å²) in [4.78, 5) is 11.2. The molecule has 2 aromatic carbocycles. The maximum Gasteiger partial charge on any atom is 0.248 e. The molecule has 110 valence electrons. The lowest BCUT2D eigenvalue weighted by atomic mass is 10.1. The third-order valence-electron chi connectivity index (χ3n) is 2.97. The zero-order valence-corrected chi connectivity index (χ0v) is 12.5. The Bertz CT molecular complexity index is 627. The minimum atomic E-state index is -0.476. The number of hydrogen-bond acceptors (Lipinski definition) is 3. The van der Waals surface area contributed by atoms with Gasteiger partial charge in [0.05, 0.1) is 17.3 Å².